The predicted octanol–water partition coefficient (Wildman–Crippen LogP) is 2.86. The molecule has 2 nitrogen and oxygen atoms in total. The molecule has 0 radical (unpaired) electrons. The van der Waals surface area contributed by atoms with E-state index in [1.54, 1.807) is 13.0 Å². The molecule has 0 fully saturated rings. The van der Waals surface area contributed by atoms with Gasteiger partial charge in [0.05, 0.1) is 6.54 Å². The smallest absolute Gasteiger partial charge is 0.352 e. The standard InChI is InChI=1S/C12H13F4NO/c1-8-4-3-5-10(6-8)11(13,12(14,15)16)7-17-9(2)18/h3-6H,7H2,1-2H3,(H,17,18)/t11-/m1/s1. The number of hydrogen-bond donors (Lipinski definition) is 1. The Hall–Kier alpha value is -1.59. The monoisotopic (exact) mass is 263 g/mol. The molecule has 0 bridgehead atoms. The molecule has 0 aliphatic heterocycles. The quantitative estimate of drug-likeness (QED) is 0.835. The fraction of sp³-hybridized carbons (Fsp3) is 0.417. The summed E-state index contributed by atoms with van der Waals surface area (Å²) in [6.07, 6.45) is -5.09. The van der Waals surface area contributed by atoms with E-state index in [9.17, 15) is 22.4 Å². The number of nitrogens with one attached hydrogen (secondary N) is 1. The second-order valence-corrected chi connectivity index (χ2v) is 4.08. The Kier molecular flexibility index (Phi) is 3.98. The van der Waals surface area contributed by atoms with Crippen LogP contribution in [-0.4, -0.2) is 18.6 Å². The fourth-order valence-corrected chi connectivity index (χ4v) is 1.50. The van der Waals surface area contributed by atoms with Crippen molar-refractivity contribution in [3.05, 3.63) is 35.4 Å². The lowest BCUT2D eigenvalue weighted by atomic mass is 9.93. The largest absolute Gasteiger partial charge is 0.428 e. The Morgan fingerprint density at radius 1 is 1.28 bits per heavy atom. The van der Waals surface area contributed by atoms with Gasteiger partial charge < -0.3 is 5.32 Å². The summed E-state index contributed by atoms with van der Waals surface area (Å²) in [6.45, 7) is 1.47. The van der Waals surface area contributed by atoms with Gasteiger partial charge in [0.2, 0.25) is 11.6 Å². The van der Waals surface area contributed by atoms with Gasteiger partial charge in [0.1, 0.15) is 0 Å². The van der Waals surface area contributed by atoms with Gasteiger partial charge in [-0.15, -0.1) is 0 Å². The van der Waals surface area contributed by atoms with E-state index in [-0.39, 0.29) is 0 Å². The number of amides is 1. The second kappa shape index (κ2) is 4.96. The van der Waals surface area contributed by atoms with Crippen molar-refractivity contribution in [1.82, 2.24) is 5.32 Å². The topological polar surface area (TPSA) is 29.1 Å². The van der Waals surface area contributed by atoms with Crippen LogP contribution in [0.4, 0.5) is 17.6 Å². The molecule has 6 heteroatoms. The molecule has 0 aliphatic rings. The van der Waals surface area contributed by atoms with Crippen LogP contribution >= 0.6 is 0 Å². The van der Waals surface area contributed by atoms with E-state index < -0.39 is 29.9 Å². The molecule has 1 N–H and O–H groups in total. The van der Waals surface area contributed by atoms with Crippen LogP contribution < -0.4 is 5.32 Å². The molecule has 1 aromatic rings. The Labute approximate surface area is 102 Å². The van der Waals surface area contributed by atoms with Gasteiger partial charge in [-0.1, -0.05) is 29.8 Å². The molecule has 0 saturated heterocycles. The molecule has 0 unspecified atom stereocenters. The van der Waals surface area contributed by atoms with Gasteiger partial charge in [0, 0.05) is 12.5 Å². The maximum Gasteiger partial charge on any atom is 0.428 e. The molecule has 1 atom stereocenters. The minimum atomic E-state index is -5.09. The van der Waals surface area contributed by atoms with Crippen LogP contribution in [0.1, 0.15) is 18.1 Å². The van der Waals surface area contributed by atoms with Crippen LogP contribution in [0.3, 0.4) is 0 Å². The van der Waals surface area contributed by atoms with Gasteiger partial charge in [0.15, 0.2) is 0 Å². The van der Waals surface area contributed by atoms with Gasteiger partial charge in [-0.3, -0.25) is 4.79 Å². The summed E-state index contributed by atoms with van der Waals surface area (Å²) >= 11 is 0. The number of halogens is 4. The summed E-state index contributed by atoms with van der Waals surface area (Å²) < 4.78 is 52.8. The highest BCUT2D eigenvalue weighted by molar-refractivity contribution is 5.72. The average molecular weight is 263 g/mol. The van der Waals surface area contributed by atoms with Gasteiger partial charge in [0.25, 0.3) is 0 Å². The zero-order chi connectivity index (χ0) is 14.0. The predicted molar refractivity (Wildman–Crippen MR) is 58.7 cm³/mol. The average Bonchev–Trinajstić information content (AvgIpc) is 2.24. The van der Waals surface area contributed by atoms with Crippen molar-refractivity contribution in [3.8, 4) is 0 Å². The molecule has 1 amide bonds. The second-order valence-electron chi connectivity index (χ2n) is 4.08. The molecule has 0 aliphatic carbocycles. The summed E-state index contributed by atoms with van der Waals surface area (Å²) in [5, 5.41) is 1.88. The van der Waals surface area contributed by atoms with Crippen LogP contribution in [0.25, 0.3) is 0 Å². The third kappa shape index (κ3) is 3.00. The maximum absolute atomic E-state index is 14.2. The van der Waals surface area contributed by atoms with Crippen molar-refractivity contribution in [1.29, 1.82) is 0 Å². The SMILES string of the molecule is CC(=O)NC[C@@](F)(c1cccc(C)c1)C(F)(F)F. The zero-order valence-corrected chi connectivity index (χ0v) is 9.94. The lowest BCUT2D eigenvalue weighted by Crippen LogP contribution is -2.47. The van der Waals surface area contributed by atoms with E-state index in [1.165, 1.54) is 6.07 Å². The molecular formula is C12H13F4NO. The van der Waals surface area contributed by atoms with Crippen LogP contribution in [0.2, 0.25) is 0 Å². The normalized spacial score (nSPS) is 15.0. The van der Waals surface area contributed by atoms with Gasteiger partial charge >= 0.3 is 6.18 Å². The lowest BCUT2D eigenvalue weighted by molar-refractivity contribution is -0.233. The first-order valence-electron chi connectivity index (χ1n) is 5.24. The number of carbonyl (C=O) groups excluding carboxylic acids is 1. The molecule has 0 saturated carbocycles. The Morgan fingerprint density at radius 3 is 2.33 bits per heavy atom. The van der Waals surface area contributed by atoms with Gasteiger partial charge in [-0.2, -0.15) is 13.2 Å². The first-order chi connectivity index (χ1) is 8.17. The Balaban J connectivity index is 3.16. The van der Waals surface area contributed by atoms with Crippen LogP contribution in [0.5, 0.6) is 0 Å². The van der Waals surface area contributed by atoms with E-state index in [4.69, 9.17) is 0 Å². The number of aryl methyl sites for hydroxylation is 1. The molecule has 0 aromatic heterocycles. The van der Waals surface area contributed by atoms with Gasteiger partial charge in [-0.05, 0) is 6.92 Å². The fourth-order valence-electron chi connectivity index (χ4n) is 1.50. The summed E-state index contributed by atoms with van der Waals surface area (Å²) in [4.78, 5) is 10.7. The summed E-state index contributed by atoms with van der Waals surface area (Å²) in [5.41, 5.74) is -3.57. The van der Waals surface area contributed by atoms with Crippen molar-refractivity contribution in [2.75, 3.05) is 6.54 Å². The minimum absolute atomic E-state index is 0.510. The van der Waals surface area contributed by atoms with Crippen molar-refractivity contribution in [2.45, 2.75) is 25.7 Å². The molecule has 18 heavy (non-hydrogen) atoms. The van der Waals surface area contributed by atoms with E-state index in [2.05, 4.69) is 0 Å². The van der Waals surface area contributed by atoms with Crippen LogP contribution in [-0.2, 0) is 10.5 Å². The maximum atomic E-state index is 14.2. The number of benzene rings is 1. The number of carbonyl (C=O) groups is 1. The summed E-state index contributed by atoms with van der Waals surface area (Å²) in [5.74, 6) is -0.714. The number of hydrogen-bond acceptors (Lipinski definition) is 1. The molecule has 0 heterocycles. The highest BCUT2D eigenvalue weighted by atomic mass is 19.4. The Morgan fingerprint density at radius 2 is 1.89 bits per heavy atom. The van der Waals surface area contributed by atoms with Gasteiger partial charge in [-0.25, -0.2) is 4.39 Å². The molecular weight excluding hydrogens is 250 g/mol. The van der Waals surface area contributed by atoms with Crippen LogP contribution in [0.15, 0.2) is 24.3 Å². The zero-order valence-electron chi connectivity index (χ0n) is 9.94. The summed E-state index contributed by atoms with van der Waals surface area (Å²) in [6, 6.07) is 5.09. The van der Waals surface area contributed by atoms with Crippen molar-refractivity contribution in [2.24, 2.45) is 0 Å². The lowest BCUT2D eigenvalue weighted by Gasteiger charge is -2.28. The van der Waals surface area contributed by atoms with E-state index in [1.807, 2.05) is 5.32 Å². The number of rotatable bonds is 3. The molecule has 1 rings (SSSR count). The molecule has 0 spiro atoms. The molecule has 100 valence electrons. The highest BCUT2D eigenvalue weighted by Gasteiger charge is 2.57. The van der Waals surface area contributed by atoms with Crippen molar-refractivity contribution >= 4 is 5.91 Å². The van der Waals surface area contributed by atoms with Crippen molar-refractivity contribution < 1.29 is 22.4 Å². The Bertz CT molecular complexity index is 444. The third-order valence-electron chi connectivity index (χ3n) is 2.51. The molecule has 1 aromatic carbocycles. The minimum Gasteiger partial charge on any atom is -0.352 e. The summed E-state index contributed by atoms with van der Waals surface area (Å²) in [7, 11) is 0. The van der Waals surface area contributed by atoms with E-state index in [0.717, 1.165) is 19.1 Å². The first-order valence-corrected chi connectivity index (χ1v) is 5.24. The van der Waals surface area contributed by atoms with Crippen molar-refractivity contribution in [3.63, 3.8) is 0 Å². The highest BCUT2D eigenvalue weighted by Crippen LogP contribution is 2.42. The number of alkyl halides is 4. The third-order valence-corrected chi connectivity index (χ3v) is 2.51. The van der Waals surface area contributed by atoms with E-state index >= 15 is 0 Å². The first kappa shape index (κ1) is 14.5. The van der Waals surface area contributed by atoms with E-state index in [0.29, 0.717) is 5.56 Å². The van der Waals surface area contributed by atoms with Crippen LogP contribution in [0, 0.1) is 6.92 Å².